The molecule has 1 aromatic carbocycles. The number of ketones is 1. The van der Waals surface area contributed by atoms with Gasteiger partial charge < -0.3 is 4.74 Å². The Hall–Kier alpha value is -1.61. The number of carbonyl (C=O) groups is 1. The second-order valence-electron chi connectivity index (χ2n) is 4.01. The molecule has 2 rings (SSSR count). The summed E-state index contributed by atoms with van der Waals surface area (Å²) in [6, 6.07) is 9.43. The molecule has 0 aliphatic heterocycles. The fourth-order valence-electron chi connectivity index (χ4n) is 1.74. The van der Waals surface area contributed by atoms with Gasteiger partial charge in [0.05, 0.1) is 6.61 Å². The fraction of sp³-hybridized carbons (Fsp3) is 0.267. The maximum Gasteiger partial charge on any atom is 0.163 e. The fourth-order valence-corrected chi connectivity index (χ4v) is 2.44. The lowest BCUT2D eigenvalue weighted by atomic mass is 10.0. The van der Waals surface area contributed by atoms with Crippen LogP contribution in [-0.4, -0.2) is 12.4 Å². The molecule has 0 spiro atoms. The molecule has 2 aromatic rings. The number of benzene rings is 1. The summed E-state index contributed by atoms with van der Waals surface area (Å²) >= 11 is 1.67. The first-order chi connectivity index (χ1) is 8.79. The van der Waals surface area contributed by atoms with Gasteiger partial charge >= 0.3 is 0 Å². The van der Waals surface area contributed by atoms with Gasteiger partial charge in [-0.05, 0) is 60.0 Å². The summed E-state index contributed by atoms with van der Waals surface area (Å²) in [4.78, 5) is 12.0. The molecule has 94 valence electrons. The molecule has 3 heteroatoms. The molecule has 0 radical (unpaired) electrons. The van der Waals surface area contributed by atoms with Crippen LogP contribution in [-0.2, 0) is 6.42 Å². The maximum atomic E-state index is 12.0. The largest absolute Gasteiger partial charge is 0.494 e. The normalized spacial score (nSPS) is 10.3. The molecule has 0 atom stereocenters. The van der Waals surface area contributed by atoms with Crippen LogP contribution in [0.2, 0.25) is 0 Å². The van der Waals surface area contributed by atoms with E-state index in [1.165, 1.54) is 5.56 Å². The number of hydrogen-bond donors (Lipinski definition) is 0. The molecule has 0 aliphatic carbocycles. The lowest BCUT2D eigenvalue weighted by molar-refractivity contribution is 0.0983. The maximum absolute atomic E-state index is 12.0. The van der Waals surface area contributed by atoms with Crippen molar-refractivity contribution < 1.29 is 9.53 Å². The Morgan fingerprint density at radius 2 is 2.00 bits per heavy atom. The molecule has 2 nitrogen and oxygen atoms in total. The van der Waals surface area contributed by atoms with Crippen LogP contribution in [0, 0.1) is 0 Å². The highest BCUT2D eigenvalue weighted by Gasteiger charge is 2.06. The number of hydrogen-bond acceptors (Lipinski definition) is 3. The number of ether oxygens (including phenoxy) is 1. The minimum Gasteiger partial charge on any atom is -0.494 e. The average molecular weight is 260 g/mol. The first-order valence-corrected chi connectivity index (χ1v) is 7.01. The zero-order chi connectivity index (χ0) is 12.8. The van der Waals surface area contributed by atoms with Crippen molar-refractivity contribution in [3.05, 3.63) is 52.2 Å². The van der Waals surface area contributed by atoms with Crippen LogP contribution >= 0.6 is 11.3 Å². The highest BCUT2D eigenvalue weighted by Crippen LogP contribution is 2.15. The first-order valence-electron chi connectivity index (χ1n) is 6.06. The van der Waals surface area contributed by atoms with Crippen LogP contribution in [0.15, 0.2) is 41.1 Å². The molecule has 0 aliphatic rings. The van der Waals surface area contributed by atoms with Crippen LogP contribution in [0.1, 0.15) is 29.3 Å². The Morgan fingerprint density at radius 1 is 1.22 bits per heavy atom. The van der Waals surface area contributed by atoms with E-state index in [0.29, 0.717) is 13.0 Å². The van der Waals surface area contributed by atoms with E-state index in [0.717, 1.165) is 17.7 Å². The van der Waals surface area contributed by atoms with Crippen LogP contribution < -0.4 is 4.74 Å². The SMILES string of the molecule is CCOc1ccc(C(=O)CCc2ccsc2)cc1. The van der Waals surface area contributed by atoms with Gasteiger partial charge in [0, 0.05) is 12.0 Å². The van der Waals surface area contributed by atoms with Gasteiger partial charge in [-0.25, -0.2) is 0 Å². The van der Waals surface area contributed by atoms with Gasteiger partial charge in [0.25, 0.3) is 0 Å². The van der Waals surface area contributed by atoms with E-state index >= 15 is 0 Å². The standard InChI is InChI=1S/C15H16O2S/c1-2-17-14-6-4-13(5-7-14)15(16)8-3-12-9-10-18-11-12/h4-7,9-11H,2-3,8H2,1H3. The molecule has 0 amide bonds. The predicted molar refractivity (Wildman–Crippen MR) is 74.6 cm³/mol. The molecule has 18 heavy (non-hydrogen) atoms. The lowest BCUT2D eigenvalue weighted by Gasteiger charge is -2.04. The Kier molecular flexibility index (Phi) is 4.53. The summed E-state index contributed by atoms with van der Waals surface area (Å²) in [7, 11) is 0. The number of rotatable bonds is 6. The lowest BCUT2D eigenvalue weighted by Crippen LogP contribution is -2.01. The van der Waals surface area contributed by atoms with Gasteiger partial charge in [0.2, 0.25) is 0 Å². The van der Waals surface area contributed by atoms with Crippen LogP contribution in [0.4, 0.5) is 0 Å². The molecule has 0 saturated carbocycles. The molecule has 0 fully saturated rings. The van der Waals surface area contributed by atoms with Crippen molar-refractivity contribution in [2.24, 2.45) is 0 Å². The number of carbonyl (C=O) groups excluding carboxylic acids is 1. The van der Waals surface area contributed by atoms with E-state index < -0.39 is 0 Å². The summed E-state index contributed by atoms with van der Waals surface area (Å²) < 4.78 is 5.35. The zero-order valence-corrected chi connectivity index (χ0v) is 11.2. The quantitative estimate of drug-likeness (QED) is 0.735. The molecule has 0 N–H and O–H groups in total. The molecule has 0 bridgehead atoms. The predicted octanol–water partition coefficient (Wildman–Crippen LogP) is 3.96. The van der Waals surface area contributed by atoms with Crippen molar-refractivity contribution >= 4 is 17.1 Å². The molecule has 1 aromatic heterocycles. The van der Waals surface area contributed by atoms with Crippen LogP contribution in [0.5, 0.6) is 5.75 Å². The monoisotopic (exact) mass is 260 g/mol. The van der Waals surface area contributed by atoms with Crippen molar-refractivity contribution in [1.82, 2.24) is 0 Å². The van der Waals surface area contributed by atoms with Gasteiger partial charge in [-0.3, -0.25) is 4.79 Å². The first kappa shape index (κ1) is 12.8. The van der Waals surface area contributed by atoms with Crippen molar-refractivity contribution in [2.75, 3.05) is 6.61 Å². The third kappa shape index (κ3) is 3.44. The van der Waals surface area contributed by atoms with Gasteiger partial charge in [-0.1, -0.05) is 0 Å². The number of Topliss-reactive ketones (excluding diaryl/α,β-unsaturated/α-hetero) is 1. The van der Waals surface area contributed by atoms with Gasteiger partial charge in [0.15, 0.2) is 5.78 Å². The minimum atomic E-state index is 0.184. The number of aryl methyl sites for hydroxylation is 1. The molecule has 0 unspecified atom stereocenters. The van der Waals surface area contributed by atoms with Crippen LogP contribution in [0.3, 0.4) is 0 Å². The van der Waals surface area contributed by atoms with E-state index in [1.807, 2.05) is 36.6 Å². The van der Waals surface area contributed by atoms with Crippen molar-refractivity contribution in [1.29, 1.82) is 0 Å². The summed E-state index contributed by atoms with van der Waals surface area (Å²) in [5.74, 6) is 0.996. The molecular formula is C15H16O2S. The smallest absolute Gasteiger partial charge is 0.163 e. The van der Waals surface area contributed by atoms with Crippen molar-refractivity contribution in [3.63, 3.8) is 0 Å². The van der Waals surface area contributed by atoms with E-state index in [4.69, 9.17) is 4.74 Å². The Balaban J connectivity index is 1.92. The zero-order valence-electron chi connectivity index (χ0n) is 10.4. The highest BCUT2D eigenvalue weighted by atomic mass is 32.1. The van der Waals surface area contributed by atoms with Gasteiger partial charge in [-0.2, -0.15) is 11.3 Å². The van der Waals surface area contributed by atoms with E-state index in [-0.39, 0.29) is 5.78 Å². The third-order valence-corrected chi connectivity index (χ3v) is 3.44. The Labute approximate surface area is 111 Å². The van der Waals surface area contributed by atoms with Crippen molar-refractivity contribution in [2.45, 2.75) is 19.8 Å². The number of thiophene rings is 1. The summed E-state index contributed by atoms with van der Waals surface area (Å²) in [6.45, 7) is 2.59. The summed E-state index contributed by atoms with van der Waals surface area (Å²) in [5, 5.41) is 4.13. The van der Waals surface area contributed by atoms with Crippen molar-refractivity contribution in [3.8, 4) is 5.75 Å². The Bertz CT molecular complexity index is 486. The van der Waals surface area contributed by atoms with E-state index in [9.17, 15) is 4.79 Å². The van der Waals surface area contributed by atoms with Gasteiger partial charge in [-0.15, -0.1) is 0 Å². The van der Waals surface area contributed by atoms with Gasteiger partial charge in [0.1, 0.15) is 5.75 Å². The molecule has 1 heterocycles. The second kappa shape index (κ2) is 6.36. The third-order valence-electron chi connectivity index (χ3n) is 2.71. The summed E-state index contributed by atoms with van der Waals surface area (Å²) in [5.41, 5.74) is 1.99. The van der Waals surface area contributed by atoms with E-state index in [2.05, 4.69) is 11.4 Å². The molecular weight excluding hydrogens is 244 g/mol. The second-order valence-corrected chi connectivity index (χ2v) is 4.79. The summed E-state index contributed by atoms with van der Waals surface area (Å²) in [6.07, 6.45) is 1.38. The highest BCUT2D eigenvalue weighted by molar-refractivity contribution is 7.07. The molecule has 0 saturated heterocycles. The van der Waals surface area contributed by atoms with E-state index in [1.54, 1.807) is 11.3 Å². The van der Waals surface area contributed by atoms with Crippen LogP contribution in [0.25, 0.3) is 0 Å². The topological polar surface area (TPSA) is 26.3 Å². The average Bonchev–Trinajstić information content (AvgIpc) is 2.90. The minimum absolute atomic E-state index is 0.184. The Morgan fingerprint density at radius 3 is 2.61 bits per heavy atom.